The largest absolute Gasteiger partial charge is 0.442 e. The Labute approximate surface area is 206 Å². The molecule has 192 valence electrons. The minimum atomic E-state index is -3.14. The number of halogens is 2. The molecule has 0 aromatic heterocycles. The molecule has 0 bridgehead atoms. The Balaban J connectivity index is 1.37. The maximum atomic E-state index is 15.0. The Morgan fingerprint density at radius 3 is 2.39 bits per heavy atom. The van der Waals surface area contributed by atoms with Crippen molar-refractivity contribution < 1.29 is 37.0 Å². The Morgan fingerprint density at radius 2 is 1.78 bits per heavy atom. The predicted octanol–water partition coefficient (Wildman–Crippen LogP) is 3.42. The normalized spacial score (nSPS) is 19.2. The van der Waals surface area contributed by atoms with Crippen LogP contribution in [0.1, 0.15) is 17.3 Å². The number of Topliss-reactive ketones (excluding diaryl/α,β-unsaturated/α-hetero) is 1. The van der Waals surface area contributed by atoms with E-state index in [0.29, 0.717) is 5.56 Å². The van der Waals surface area contributed by atoms with Gasteiger partial charge in [-0.2, -0.15) is 0 Å². The first-order valence-corrected chi connectivity index (χ1v) is 13.4. The lowest BCUT2D eigenvalue weighted by atomic mass is 10.1. The molecule has 2 heterocycles. The lowest BCUT2D eigenvalue weighted by Gasteiger charge is -2.34. The van der Waals surface area contributed by atoms with Gasteiger partial charge in [-0.15, -0.1) is 0 Å². The number of benzene rings is 2. The first-order valence-electron chi connectivity index (χ1n) is 11.4. The van der Waals surface area contributed by atoms with E-state index < -0.39 is 31.2 Å². The molecule has 2 aromatic rings. The first-order chi connectivity index (χ1) is 17.1. The number of anilines is 2. The lowest BCUT2D eigenvalue weighted by Crippen LogP contribution is -2.37. The molecule has 2 saturated heterocycles. The van der Waals surface area contributed by atoms with Gasteiger partial charge in [-0.05, 0) is 0 Å². The van der Waals surface area contributed by atoms with Crippen LogP contribution in [0.2, 0.25) is 0 Å². The summed E-state index contributed by atoms with van der Waals surface area (Å²) in [6, 6.07) is 10.6. The quantitative estimate of drug-likeness (QED) is 0.419. The molecule has 2 aliphatic heterocycles. The second kappa shape index (κ2) is 10.8. The number of carbonyl (C=O) groups excluding carboxylic acids is 3. The van der Waals surface area contributed by atoms with Crippen molar-refractivity contribution in [2.75, 3.05) is 54.9 Å². The van der Waals surface area contributed by atoms with Crippen LogP contribution in [0.3, 0.4) is 0 Å². The van der Waals surface area contributed by atoms with Crippen molar-refractivity contribution in [1.82, 2.24) is 5.32 Å². The SMILES string of the molecule is CC(=O)NC[C@H]1CN(c2cc(F)c(N3CCP(=O)(OCC(=O)c4ccccc4)CC3)c(F)c2)C(=O)O1. The summed E-state index contributed by atoms with van der Waals surface area (Å²) in [6.07, 6.45) is -1.33. The van der Waals surface area contributed by atoms with Crippen molar-refractivity contribution in [3.63, 3.8) is 0 Å². The Morgan fingerprint density at radius 1 is 1.14 bits per heavy atom. The van der Waals surface area contributed by atoms with E-state index in [1.807, 2.05) is 0 Å². The summed E-state index contributed by atoms with van der Waals surface area (Å²) in [7, 11) is -3.14. The van der Waals surface area contributed by atoms with E-state index in [0.717, 1.165) is 17.0 Å². The fourth-order valence-electron chi connectivity index (χ4n) is 4.11. The molecule has 12 heteroatoms. The highest BCUT2D eigenvalue weighted by Gasteiger charge is 2.35. The first kappa shape index (κ1) is 25.8. The Hall–Kier alpha value is -3.30. The van der Waals surface area contributed by atoms with Crippen molar-refractivity contribution in [3.8, 4) is 0 Å². The van der Waals surface area contributed by atoms with E-state index in [-0.39, 0.29) is 68.2 Å². The molecular weight excluding hydrogens is 495 g/mol. The van der Waals surface area contributed by atoms with Crippen LogP contribution in [0, 0.1) is 11.6 Å². The lowest BCUT2D eigenvalue weighted by molar-refractivity contribution is -0.119. The van der Waals surface area contributed by atoms with E-state index in [1.165, 1.54) is 11.8 Å². The summed E-state index contributed by atoms with van der Waals surface area (Å²) in [4.78, 5) is 38.0. The van der Waals surface area contributed by atoms with Crippen LogP contribution >= 0.6 is 7.37 Å². The summed E-state index contributed by atoms with van der Waals surface area (Å²) in [5.41, 5.74) is 0.164. The molecular formula is C24H26F2N3O6P. The molecule has 2 aliphatic rings. The molecule has 0 spiro atoms. The van der Waals surface area contributed by atoms with E-state index in [9.17, 15) is 27.7 Å². The van der Waals surface area contributed by atoms with Crippen LogP contribution in [0.25, 0.3) is 0 Å². The number of nitrogens with one attached hydrogen (secondary N) is 1. The van der Waals surface area contributed by atoms with Crippen LogP contribution in [0.5, 0.6) is 0 Å². The Kier molecular flexibility index (Phi) is 7.70. The number of nitrogens with zero attached hydrogens (tertiary/aromatic N) is 2. The van der Waals surface area contributed by atoms with E-state index in [4.69, 9.17) is 9.26 Å². The third kappa shape index (κ3) is 5.91. The highest BCUT2D eigenvalue weighted by molar-refractivity contribution is 7.59. The van der Waals surface area contributed by atoms with E-state index in [2.05, 4.69) is 5.32 Å². The summed E-state index contributed by atoms with van der Waals surface area (Å²) in [5.74, 6) is -2.33. The average molecular weight is 521 g/mol. The third-order valence-electron chi connectivity index (χ3n) is 6.03. The zero-order valence-corrected chi connectivity index (χ0v) is 20.5. The smallest absolute Gasteiger partial charge is 0.414 e. The maximum Gasteiger partial charge on any atom is 0.414 e. The summed E-state index contributed by atoms with van der Waals surface area (Å²) < 4.78 is 53.7. The zero-order valence-electron chi connectivity index (χ0n) is 19.6. The van der Waals surface area contributed by atoms with Gasteiger partial charge in [0.1, 0.15) is 18.4 Å². The monoisotopic (exact) mass is 521 g/mol. The molecule has 2 aromatic carbocycles. The van der Waals surface area contributed by atoms with Crippen LogP contribution in [0.15, 0.2) is 42.5 Å². The zero-order chi connectivity index (χ0) is 25.9. The van der Waals surface area contributed by atoms with Gasteiger partial charge in [0.2, 0.25) is 13.3 Å². The molecule has 0 unspecified atom stereocenters. The number of hydrogen-bond donors (Lipinski definition) is 1. The molecule has 2 fully saturated rings. The molecule has 4 rings (SSSR count). The van der Waals surface area contributed by atoms with Crippen molar-refractivity contribution in [3.05, 3.63) is 59.7 Å². The van der Waals surface area contributed by atoms with Crippen LogP contribution in [-0.4, -0.2) is 69.0 Å². The highest BCUT2D eigenvalue weighted by atomic mass is 31.2. The molecule has 0 radical (unpaired) electrons. The number of cyclic esters (lactones) is 1. The third-order valence-corrected chi connectivity index (χ3v) is 8.39. The van der Waals surface area contributed by atoms with Gasteiger partial charge in [-0.3, -0.25) is 19.1 Å². The number of rotatable bonds is 8. The van der Waals surface area contributed by atoms with Crippen molar-refractivity contribution in [2.45, 2.75) is 13.0 Å². The minimum Gasteiger partial charge on any atom is -0.442 e. The van der Waals surface area contributed by atoms with Crippen LogP contribution in [0.4, 0.5) is 25.0 Å². The van der Waals surface area contributed by atoms with Crippen molar-refractivity contribution >= 4 is 36.5 Å². The molecule has 36 heavy (non-hydrogen) atoms. The Bertz CT molecular complexity index is 1180. The molecule has 2 amide bonds. The van der Waals surface area contributed by atoms with Gasteiger partial charge < -0.3 is 19.5 Å². The van der Waals surface area contributed by atoms with Gasteiger partial charge in [-0.1, -0.05) is 30.3 Å². The number of carbonyl (C=O) groups is 3. The van der Waals surface area contributed by atoms with Crippen LogP contribution < -0.4 is 15.1 Å². The second-order valence-corrected chi connectivity index (χ2v) is 11.4. The van der Waals surface area contributed by atoms with E-state index in [1.54, 1.807) is 30.3 Å². The number of hydrogen-bond acceptors (Lipinski definition) is 7. The number of ether oxygens (including phenoxy) is 1. The average Bonchev–Trinajstić information content (AvgIpc) is 3.23. The van der Waals surface area contributed by atoms with Gasteiger partial charge in [0.15, 0.2) is 17.4 Å². The standard InChI is InChI=1S/C24H26F2N3O6P/c1-16(30)27-13-19-14-29(24(32)35-19)18-11-20(25)23(21(26)12-18)28-7-9-36(33,10-8-28)34-15-22(31)17-5-3-2-4-6-17/h2-6,11-12,19H,7-10,13-15H2,1H3,(H,27,30)/t19-/m0/s1. The van der Waals surface area contributed by atoms with Gasteiger partial charge in [0.25, 0.3) is 0 Å². The predicted molar refractivity (Wildman–Crippen MR) is 129 cm³/mol. The van der Waals surface area contributed by atoms with Gasteiger partial charge in [0, 0.05) is 50.0 Å². The van der Waals surface area contributed by atoms with Gasteiger partial charge >= 0.3 is 6.09 Å². The second-order valence-electron chi connectivity index (χ2n) is 8.62. The maximum absolute atomic E-state index is 15.0. The van der Waals surface area contributed by atoms with Crippen LogP contribution in [-0.2, 0) is 18.6 Å². The summed E-state index contributed by atoms with van der Waals surface area (Å²) in [5, 5.41) is 2.54. The fourth-order valence-corrected chi connectivity index (χ4v) is 6.04. The molecule has 9 nitrogen and oxygen atoms in total. The topological polar surface area (TPSA) is 105 Å². The highest BCUT2D eigenvalue weighted by Crippen LogP contribution is 2.49. The van der Waals surface area contributed by atoms with Gasteiger partial charge in [-0.25, -0.2) is 13.6 Å². The van der Waals surface area contributed by atoms with Crippen molar-refractivity contribution in [1.29, 1.82) is 0 Å². The summed E-state index contributed by atoms with van der Waals surface area (Å²) >= 11 is 0. The summed E-state index contributed by atoms with van der Waals surface area (Å²) in [6.45, 7) is 1.28. The fraction of sp³-hybridized carbons (Fsp3) is 0.375. The molecule has 1 N–H and O–H groups in total. The number of ketones is 1. The van der Waals surface area contributed by atoms with Gasteiger partial charge in [0.05, 0.1) is 18.8 Å². The molecule has 1 atom stereocenters. The molecule has 0 saturated carbocycles. The molecule has 0 aliphatic carbocycles. The minimum absolute atomic E-state index is 0.00508. The van der Waals surface area contributed by atoms with Crippen molar-refractivity contribution in [2.24, 2.45) is 0 Å². The van der Waals surface area contributed by atoms with E-state index >= 15 is 0 Å². The number of amides is 2.